The summed E-state index contributed by atoms with van der Waals surface area (Å²) in [5.41, 5.74) is 44.4. The van der Waals surface area contributed by atoms with Gasteiger partial charge in [-0.1, -0.05) is 285 Å². The Morgan fingerprint density at radius 2 is 0.889 bits per heavy atom. The second-order valence-corrected chi connectivity index (χ2v) is 23.0. The minimum Gasteiger partial charge on any atom is -0.398 e. The highest BCUT2D eigenvalue weighted by Crippen LogP contribution is 2.35. The van der Waals surface area contributed by atoms with Gasteiger partial charge in [-0.05, 0) is 190 Å². The van der Waals surface area contributed by atoms with Crippen molar-refractivity contribution in [2.45, 2.75) is 45.4 Å². The first-order chi connectivity index (χ1) is 44.1. The van der Waals surface area contributed by atoms with Crippen molar-refractivity contribution in [1.29, 1.82) is 0 Å². The number of nitrogens with one attached hydrogen (secondary N) is 1. The maximum Gasteiger partial charge on any atom is 0.0817 e. The zero-order valence-corrected chi connectivity index (χ0v) is 51.3. The number of nitrogens with two attached hydrogens (primary N) is 4. The molecule has 0 aliphatic heterocycles. The molecule has 0 saturated carbocycles. The van der Waals surface area contributed by atoms with E-state index in [9.17, 15) is 0 Å². The Morgan fingerprint density at radius 1 is 0.422 bits per heavy atom. The largest absolute Gasteiger partial charge is 0.398 e. The average molecular weight is 1170 g/mol. The molecule has 0 amide bonds. The minimum atomic E-state index is -0.384. The van der Waals surface area contributed by atoms with Crippen molar-refractivity contribution >= 4 is 54.5 Å². The molecule has 2 atom stereocenters. The first-order valence-electron chi connectivity index (χ1n) is 30.9. The van der Waals surface area contributed by atoms with E-state index in [1.54, 1.807) is 6.08 Å². The third-order valence-electron chi connectivity index (χ3n) is 16.7. The fraction of sp³-hybridized carbons (Fsp3) is 0.0824. The van der Waals surface area contributed by atoms with Crippen LogP contribution < -0.4 is 28.3 Å². The summed E-state index contributed by atoms with van der Waals surface area (Å²) >= 11 is 0. The highest BCUT2D eigenvalue weighted by molar-refractivity contribution is 6.09. The lowest BCUT2D eigenvalue weighted by Crippen LogP contribution is -2.33. The highest BCUT2D eigenvalue weighted by atomic mass is 15.1. The number of rotatable bonds is 16. The van der Waals surface area contributed by atoms with Gasteiger partial charge in [0.1, 0.15) is 0 Å². The van der Waals surface area contributed by atoms with E-state index in [4.69, 9.17) is 22.9 Å². The molecule has 0 fully saturated rings. The molecule has 0 saturated heterocycles. The molecule has 13 aromatic rings. The Balaban J connectivity index is 0.000000157. The molecule has 9 N–H and O–H groups in total. The van der Waals surface area contributed by atoms with Gasteiger partial charge in [0.15, 0.2) is 0 Å². The SMILES string of the molecule is C=C/C=C/C=C/C=C(\C)Cc1ccccc1N.Cc1ccccc1C(NC(N)c1cccc(-c2cccc(CN)c2)c1)c1cccc(-c2ccc3c(ccc4ccccc43)c2)c1.Nc1ccccc1Cc1cccc(-c2ccc3c(ccc4ccccc43)c2)c1. The smallest absolute Gasteiger partial charge is 0.0817 e. The van der Waals surface area contributed by atoms with Crippen molar-refractivity contribution in [2.75, 3.05) is 11.5 Å². The molecule has 90 heavy (non-hydrogen) atoms. The summed E-state index contributed by atoms with van der Waals surface area (Å²) in [6, 6.07) is 98.5. The average Bonchev–Trinajstić information content (AvgIpc) is 1.05. The number of anilines is 2. The first kappa shape index (κ1) is 61.0. The maximum absolute atomic E-state index is 6.95. The molecule has 5 nitrogen and oxygen atoms in total. The molecule has 0 aliphatic rings. The highest BCUT2D eigenvalue weighted by Gasteiger charge is 2.21. The van der Waals surface area contributed by atoms with Gasteiger partial charge in [-0.3, -0.25) is 5.32 Å². The quantitative estimate of drug-likeness (QED) is 0.0286. The van der Waals surface area contributed by atoms with E-state index < -0.39 is 0 Å². The van der Waals surface area contributed by atoms with Gasteiger partial charge in [0.25, 0.3) is 0 Å². The Morgan fingerprint density at radius 3 is 1.49 bits per heavy atom. The van der Waals surface area contributed by atoms with E-state index in [1.807, 2.05) is 60.7 Å². The summed E-state index contributed by atoms with van der Waals surface area (Å²) in [6.07, 6.45) is 13.1. The van der Waals surface area contributed by atoms with Gasteiger partial charge in [-0.25, -0.2) is 0 Å². The molecule has 0 radical (unpaired) electrons. The second-order valence-electron chi connectivity index (χ2n) is 23.0. The van der Waals surface area contributed by atoms with Gasteiger partial charge < -0.3 is 22.9 Å². The summed E-state index contributed by atoms with van der Waals surface area (Å²) in [7, 11) is 0. The third kappa shape index (κ3) is 15.0. The number of aryl methyl sites for hydroxylation is 1. The van der Waals surface area contributed by atoms with E-state index in [0.29, 0.717) is 6.54 Å². The number of nitrogen functional groups attached to an aromatic ring is 2. The number of hydrogen-bond donors (Lipinski definition) is 5. The van der Waals surface area contributed by atoms with E-state index in [0.717, 1.165) is 46.5 Å². The molecule has 13 aromatic carbocycles. The number of hydrogen-bond acceptors (Lipinski definition) is 5. The van der Waals surface area contributed by atoms with Gasteiger partial charge in [0.2, 0.25) is 0 Å². The molecule has 0 bridgehead atoms. The number of para-hydroxylation sites is 2. The van der Waals surface area contributed by atoms with Crippen LogP contribution >= 0.6 is 0 Å². The molecule has 2 unspecified atom stereocenters. The summed E-state index contributed by atoms with van der Waals surface area (Å²) in [6.45, 7) is 8.39. The Bertz CT molecular complexity index is 4740. The normalized spacial score (nSPS) is 12.2. The van der Waals surface area contributed by atoms with E-state index in [2.05, 4.69) is 274 Å². The number of benzene rings is 13. The van der Waals surface area contributed by atoms with Crippen molar-refractivity contribution < 1.29 is 0 Å². The molecular formula is C85H77N5. The van der Waals surface area contributed by atoms with E-state index in [1.165, 1.54) is 104 Å². The Kier molecular flexibility index (Phi) is 19.9. The fourth-order valence-electron chi connectivity index (χ4n) is 11.9. The molecule has 0 heterocycles. The molecule has 0 aromatic heterocycles. The summed E-state index contributed by atoms with van der Waals surface area (Å²) in [5.74, 6) is 0. The van der Waals surface area contributed by atoms with Crippen LogP contribution in [-0.2, 0) is 19.4 Å². The number of fused-ring (bicyclic) bond motifs is 6. The molecule has 442 valence electrons. The second kappa shape index (κ2) is 29.4. The lowest BCUT2D eigenvalue weighted by Gasteiger charge is -2.26. The fourth-order valence-corrected chi connectivity index (χ4v) is 11.9. The topological polar surface area (TPSA) is 116 Å². The van der Waals surface area contributed by atoms with Crippen LogP contribution in [0.1, 0.15) is 63.6 Å². The predicted octanol–water partition coefficient (Wildman–Crippen LogP) is 20.3. The van der Waals surface area contributed by atoms with Crippen molar-refractivity contribution in [3.05, 3.63) is 372 Å². The minimum absolute atomic E-state index is 0.102. The van der Waals surface area contributed by atoms with Crippen molar-refractivity contribution in [2.24, 2.45) is 11.5 Å². The summed E-state index contributed by atoms with van der Waals surface area (Å²) in [5, 5.41) is 14.0. The molecular weight excluding hydrogens is 1090 g/mol. The molecule has 0 aliphatic carbocycles. The third-order valence-corrected chi connectivity index (χ3v) is 16.7. The van der Waals surface area contributed by atoms with Crippen molar-refractivity contribution in [1.82, 2.24) is 5.32 Å². The monoisotopic (exact) mass is 1170 g/mol. The van der Waals surface area contributed by atoms with Gasteiger partial charge in [0, 0.05) is 17.9 Å². The van der Waals surface area contributed by atoms with Gasteiger partial charge in [-0.2, -0.15) is 0 Å². The molecule has 13 rings (SSSR count). The Hall–Kier alpha value is -10.7. The molecule has 5 heteroatoms. The standard InChI is InChI=1S/C42H37N3.C27H21N.C16H19N/c1-28-9-2-4-17-38(28)41(45-42(44)37-16-8-14-33(26-37)31-12-6-10-29(23-31)27-43)36-15-7-13-32(25-36)34-21-22-40-35(24-34)20-19-30-11-3-5-18-39(30)40;28-27-11-4-2-8-24(27)17-19-6-5-9-21(16-19)22-14-15-26-23(18-22)13-12-20-7-1-3-10-25(20)26;1-3-4-5-6-7-10-14(2)13-15-11-8-9-12-16(15)17/h2-26,41-42,45H,27,43-44H2,1H3;1-16,18H,17,28H2;3-12H,1,13,17H2,2H3/b;;5-4+,7-6+,14-10+. The summed E-state index contributed by atoms with van der Waals surface area (Å²) < 4.78 is 0. The predicted molar refractivity (Wildman–Crippen MR) is 387 cm³/mol. The van der Waals surface area contributed by atoms with Crippen LogP contribution in [0.25, 0.3) is 76.5 Å². The van der Waals surface area contributed by atoms with Crippen LogP contribution in [0.2, 0.25) is 0 Å². The van der Waals surface area contributed by atoms with Crippen LogP contribution in [0.4, 0.5) is 11.4 Å². The Labute approximate surface area is 530 Å². The van der Waals surface area contributed by atoms with Crippen molar-refractivity contribution in [3.8, 4) is 33.4 Å². The number of allylic oxidation sites excluding steroid dienone is 7. The van der Waals surface area contributed by atoms with Crippen LogP contribution in [0.15, 0.2) is 328 Å². The van der Waals surface area contributed by atoms with Crippen molar-refractivity contribution in [3.63, 3.8) is 0 Å². The maximum atomic E-state index is 6.95. The van der Waals surface area contributed by atoms with Crippen LogP contribution in [0.5, 0.6) is 0 Å². The lowest BCUT2D eigenvalue weighted by molar-refractivity contribution is 0.498. The van der Waals surface area contributed by atoms with E-state index in [-0.39, 0.29) is 12.2 Å². The van der Waals surface area contributed by atoms with Crippen LogP contribution in [0.3, 0.4) is 0 Å². The molecule has 0 spiro atoms. The van der Waals surface area contributed by atoms with E-state index >= 15 is 0 Å². The first-order valence-corrected chi connectivity index (χ1v) is 30.9. The van der Waals surface area contributed by atoms with Crippen LogP contribution in [0, 0.1) is 6.92 Å². The van der Waals surface area contributed by atoms with Gasteiger partial charge in [0.05, 0.1) is 12.2 Å². The summed E-state index contributed by atoms with van der Waals surface area (Å²) in [4.78, 5) is 0. The van der Waals surface area contributed by atoms with Gasteiger partial charge in [-0.15, -0.1) is 0 Å². The zero-order chi connectivity index (χ0) is 62.2. The zero-order valence-electron chi connectivity index (χ0n) is 51.3. The van der Waals surface area contributed by atoms with Gasteiger partial charge >= 0.3 is 0 Å². The lowest BCUT2D eigenvalue weighted by atomic mass is 9.91. The van der Waals surface area contributed by atoms with Crippen LogP contribution in [-0.4, -0.2) is 0 Å².